The van der Waals surface area contributed by atoms with E-state index in [2.05, 4.69) is 15.1 Å². The molecule has 0 saturated heterocycles. The molecular weight excluding hydrogens is 339 g/mol. The summed E-state index contributed by atoms with van der Waals surface area (Å²) in [6.07, 6.45) is -1.89. The average molecular weight is 346 g/mol. The van der Waals surface area contributed by atoms with Gasteiger partial charge in [-0.1, -0.05) is 11.6 Å². The number of aromatic nitrogens is 4. The monoisotopic (exact) mass is 345 g/mol. The Balaban J connectivity index is 2.26. The zero-order valence-corrected chi connectivity index (χ0v) is 12.2. The van der Waals surface area contributed by atoms with Crippen LogP contribution in [-0.2, 0) is 6.18 Å². The van der Waals surface area contributed by atoms with Crippen LogP contribution in [0.25, 0.3) is 16.4 Å². The van der Waals surface area contributed by atoms with Gasteiger partial charge < -0.3 is 5.73 Å². The molecule has 0 unspecified atom stereocenters. The summed E-state index contributed by atoms with van der Waals surface area (Å²) < 4.78 is 40.6. The van der Waals surface area contributed by atoms with Crippen molar-refractivity contribution in [2.75, 3.05) is 5.73 Å². The first kappa shape index (κ1) is 14.8. The highest BCUT2D eigenvalue weighted by Gasteiger charge is 2.40. The summed E-state index contributed by atoms with van der Waals surface area (Å²) >= 11 is 6.84. The van der Waals surface area contributed by atoms with Gasteiger partial charge in [0.15, 0.2) is 5.69 Å². The SMILES string of the molecule is Nc1c(-c2cc(Cl)cs2)c(C(F)(F)F)nn1-c1ncccn1. The number of alkyl halides is 3. The Bertz CT molecular complexity index is 812. The van der Waals surface area contributed by atoms with E-state index in [1.807, 2.05) is 0 Å². The Morgan fingerprint density at radius 1 is 1.23 bits per heavy atom. The van der Waals surface area contributed by atoms with Crippen LogP contribution in [-0.4, -0.2) is 19.7 Å². The topological polar surface area (TPSA) is 69.6 Å². The van der Waals surface area contributed by atoms with Crippen molar-refractivity contribution < 1.29 is 13.2 Å². The quantitative estimate of drug-likeness (QED) is 0.769. The molecule has 3 aromatic rings. The highest BCUT2D eigenvalue weighted by atomic mass is 35.5. The number of thiophene rings is 1. The third kappa shape index (κ3) is 2.53. The zero-order chi connectivity index (χ0) is 15.9. The predicted molar refractivity (Wildman–Crippen MR) is 76.9 cm³/mol. The van der Waals surface area contributed by atoms with Gasteiger partial charge in [0.2, 0.25) is 0 Å². The van der Waals surface area contributed by atoms with E-state index in [9.17, 15) is 13.2 Å². The van der Waals surface area contributed by atoms with E-state index >= 15 is 0 Å². The Morgan fingerprint density at radius 3 is 2.45 bits per heavy atom. The molecule has 114 valence electrons. The molecule has 5 nitrogen and oxygen atoms in total. The molecule has 0 bridgehead atoms. The van der Waals surface area contributed by atoms with Gasteiger partial charge in [-0.15, -0.1) is 11.3 Å². The van der Waals surface area contributed by atoms with E-state index in [4.69, 9.17) is 17.3 Å². The lowest BCUT2D eigenvalue weighted by atomic mass is 10.2. The van der Waals surface area contributed by atoms with Crippen LogP contribution in [0.1, 0.15) is 5.69 Å². The smallest absolute Gasteiger partial charge is 0.383 e. The lowest BCUT2D eigenvalue weighted by molar-refractivity contribution is -0.140. The van der Waals surface area contributed by atoms with Crippen molar-refractivity contribution in [2.45, 2.75) is 6.18 Å². The number of hydrogen-bond donors (Lipinski definition) is 1. The lowest BCUT2D eigenvalue weighted by Gasteiger charge is -2.04. The van der Waals surface area contributed by atoms with Crippen LogP contribution < -0.4 is 5.73 Å². The molecule has 22 heavy (non-hydrogen) atoms. The largest absolute Gasteiger partial charge is 0.435 e. The normalized spacial score (nSPS) is 11.8. The van der Waals surface area contributed by atoms with Gasteiger partial charge in [-0.05, 0) is 12.1 Å². The molecule has 0 amide bonds. The summed E-state index contributed by atoms with van der Waals surface area (Å²) in [6.45, 7) is 0. The number of hydrogen-bond acceptors (Lipinski definition) is 5. The molecule has 0 spiro atoms. The second-order valence-corrected chi connectivity index (χ2v) is 5.54. The number of nitrogen functional groups attached to an aromatic ring is 1. The number of halogens is 4. The minimum absolute atomic E-state index is 0.0422. The van der Waals surface area contributed by atoms with Crippen molar-refractivity contribution in [2.24, 2.45) is 0 Å². The maximum absolute atomic E-state index is 13.2. The van der Waals surface area contributed by atoms with Crippen molar-refractivity contribution >= 4 is 28.8 Å². The Kier molecular flexibility index (Phi) is 3.53. The predicted octanol–water partition coefficient (Wildman–Crippen LogP) is 3.65. The fraction of sp³-hybridized carbons (Fsp3) is 0.0833. The summed E-state index contributed by atoms with van der Waals surface area (Å²) in [7, 11) is 0. The molecule has 0 atom stereocenters. The van der Waals surface area contributed by atoms with Gasteiger partial charge in [0.1, 0.15) is 5.82 Å². The van der Waals surface area contributed by atoms with Crippen molar-refractivity contribution in [3.05, 3.63) is 40.6 Å². The molecule has 0 aromatic carbocycles. The van der Waals surface area contributed by atoms with Crippen LogP contribution in [0.2, 0.25) is 5.02 Å². The van der Waals surface area contributed by atoms with E-state index < -0.39 is 11.9 Å². The molecule has 0 fully saturated rings. The first-order chi connectivity index (χ1) is 10.4. The third-order valence-corrected chi connectivity index (χ3v) is 4.04. The van der Waals surface area contributed by atoms with Crippen LogP contribution >= 0.6 is 22.9 Å². The summed E-state index contributed by atoms with van der Waals surface area (Å²) in [5.41, 5.74) is 4.53. The van der Waals surface area contributed by atoms with Crippen LogP contribution in [0.5, 0.6) is 0 Å². The van der Waals surface area contributed by atoms with E-state index in [1.165, 1.54) is 29.9 Å². The highest BCUT2D eigenvalue weighted by molar-refractivity contribution is 7.14. The molecule has 10 heteroatoms. The van der Waals surface area contributed by atoms with Crippen molar-refractivity contribution in [3.63, 3.8) is 0 Å². The molecular formula is C12H7ClF3N5S. The molecule has 3 heterocycles. The lowest BCUT2D eigenvalue weighted by Crippen LogP contribution is -2.09. The molecule has 3 aromatic heterocycles. The fourth-order valence-corrected chi connectivity index (χ4v) is 3.00. The second kappa shape index (κ2) is 5.25. The van der Waals surface area contributed by atoms with Gasteiger partial charge in [0.05, 0.1) is 10.6 Å². The zero-order valence-electron chi connectivity index (χ0n) is 10.7. The van der Waals surface area contributed by atoms with E-state index in [-0.39, 0.29) is 22.2 Å². The number of rotatable bonds is 2. The number of nitrogens with zero attached hydrogens (tertiary/aromatic N) is 4. The Labute approximate surface area is 131 Å². The molecule has 0 saturated carbocycles. The minimum Gasteiger partial charge on any atom is -0.383 e. The summed E-state index contributed by atoms with van der Waals surface area (Å²) in [5, 5.41) is 5.39. The fourth-order valence-electron chi connectivity index (χ4n) is 1.87. The molecule has 0 aliphatic rings. The average Bonchev–Trinajstić information content (AvgIpc) is 3.03. The summed E-state index contributed by atoms with van der Waals surface area (Å²) in [4.78, 5) is 8.00. The van der Waals surface area contributed by atoms with Crippen LogP contribution in [0.15, 0.2) is 29.9 Å². The van der Waals surface area contributed by atoms with E-state index in [0.29, 0.717) is 5.02 Å². The van der Waals surface area contributed by atoms with Crippen LogP contribution in [0, 0.1) is 0 Å². The van der Waals surface area contributed by atoms with Gasteiger partial charge in [-0.3, -0.25) is 0 Å². The maximum atomic E-state index is 13.2. The summed E-state index contributed by atoms with van der Waals surface area (Å²) in [5.74, 6) is -0.239. The molecule has 2 N–H and O–H groups in total. The molecule has 0 radical (unpaired) electrons. The standard InChI is InChI=1S/C12H7ClF3N5S/c13-6-4-7(22-5-6)8-9(12(14,15)16)20-21(10(8)17)11-18-2-1-3-19-11/h1-5H,17H2. The second-order valence-electron chi connectivity index (χ2n) is 4.20. The molecule has 0 aliphatic carbocycles. The number of anilines is 1. The molecule has 0 aliphatic heterocycles. The first-order valence-corrected chi connectivity index (χ1v) is 7.11. The molecule has 3 rings (SSSR count). The maximum Gasteiger partial charge on any atom is 0.435 e. The first-order valence-electron chi connectivity index (χ1n) is 5.85. The Hall–Kier alpha value is -2.13. The van der Waals surface area contributed by atoms with Gasteiger partial charge in [0, 0.05) is 22.7 Å². The number of nitrogens with two attached hydrogens (primary N) is 1. The third-order valence-electron chi connectivity index (χ3n) is 2.75. The van der Waals surface area contributed by atoms with Gasteiger partial charge in [-0.2, -0.15) is 23.0 Å². The van der Waals surface area contributed by atoms with Gasteiger partial charge >= 0.3 is 6.18 Å². The summed E-state index contributed by atoms with van der Waals surface area (Å²) in [6, 6.07) is 2.94. The Morgan fingerprint density at radius 2 is 1.91 bits per heavy atom. The van der Waals surface area contributed by atoms with E-state index in [1.54, 1.807) is 0 Å². The van der Waals surface area contributed by atoms with Gasteiger partial charge in [0.25, 0.3) is 5.95 Å². The van der Waals surface area contributed by atoms with Gasteiger partial charge in [-0.25, -0.2) is 9.97 Å². The van der Waals surface area contributed by atoms with Crippen molar-refractivity contribution in [3.8, 4) is 16.4 Å². The van der Waals surface area contributed by atoms with Crippen LogP contribution in [0.4, 0.5) is 19.0 Å². The van der Waals surface area contributed by atoms with Crippen molar-refractivity contribution in [1.29, 1.82) is 0 Å². The van der Waals surface area contributed by atoms with Crippen LogP contribution in [0.3, 0.4) is 0 Å². The highest BCUT2D eigenvalue weighted by Crippen LogP contribution is 2.43. The van der Waals surface area contributed by atoms with Crippen molar-refractivity contribution in [1.82, 2.24) is 19.7 Å². The van der Waals surface area contributed by atoms with E-state index in [0.717, 1.165) is 16.0 Å². The minimum atomic E-state index is -4.67.